The van der Waals surface area contributed by atoms with Gasteiger partial charge in [0.2, 0.25) is 5.82 Å². The normalized spacial score (nSPS) is 11.7. The number of rotatable bonds is 6. The van der Waals surface area contributed by atoms with Crippen LogP contribution in [0.25, 0.3) is 0 Å². The number of nitrogens with one attached hydrogen (secondary N) is 1. The Morgan fingerprint density at radius 2 is 2.33 bits per heavy atom. The summed E-state index contributed by atoms with van der Waals surface area (Å²) >= 11 is 3.07. The maximum Gasteiger partial charge on any atom is 0.202 e. The van der Waals surface area contributed by atoms with Gasteiger partial charge in [0.1, 0.15) is 5.82 Å². The minimum absolute atomic E-state index is 0.0675. The van der Waals surface area contributed by atoms with E-state index in [9.17, 15) is 4.39 Å². The van der Waals surface area contributed by atoms with Crippen molar-refractivity contribution in [2.45, 2.75) is 0 Å². The second kappa shape index (κ2) is 7.14. The van der Waals surface area contributed by atoms with E-state index in [1.54, 1.807) is 19.2 Å². The van der Waals surface area contributed by atoms with Crippen molar-refractivity contribution >= 4 is 33.3 Å². The van der Waals surface area contributed by atoms with Gasteiger partial charge in [0.25, 0.3) is 0 Å². The second-order valence-corrected chi connectivity index (χ2v) is 4.83. The summed E-state index contributed by atoms with van der Waals surface area (Å²) in [6.45, 7) is 0.999. The van der Waals surface area contributed by atoms with Gasteiger partial charge in [0, 0.05) is 19.7 Å². The number of hydrogen-bond donors (Lipinski definition) is 2. The summed E-state index contributed by atoms with van der Waals surface area (Å²) in [7, 11) is 1.58. The Kier molecular flexibility index (Phi) is 5.23. The molecule has 0 aliphatic carbocycles. The molecule has 7 nitrogen and oxygen atoms in total. The van der Waals surface area contributed by atoms with Crippen molar-refractivity contribution in [3.63, 3.8) is 0 Å². The number of hydrogen-bond acceptors (Lipinski definition) is 6. The number of anilines is 1. The molecule has 0 radical (unpaired) electrons. The van der Waals surface area contributed by atoms with E-state index in [1.807, 2.05) is 0 Å². The van der Waals surface area contributed by atoms with Crippen LogP contribution in [-0.4, -0.2) is 36.4 Å². The summed E-state index contributed by atoms with van der Waals surface area (Å²) in [5.74, 6) is -0.00968. The molecule has 0 aliphatic rings. The predicted molar refractivity (Wildman–Crippen MR) is 79.1 cm³/mol. The van der Waals surface area contributed by atoms with Crippen molar-refractivity contribution in [1.82, 2.24) is 10.3 Å². The first-order valence-corrected chi connectivity index (χ1v) is 6.76. The molecule has 0 atom stereocenters. The molecule has 0 aliphatic heterocycles. The number of amidine groups is 1. The number of aliphatic imine (C=N–C) groups is 1. The number of nitrogens with zero attached hydrogens (tertiary/aromatic N) is 3. The summed E-state index contributed by atoms with van der Waals surface area (Å²) in [6.07, 6.45) is 0. The maximum absolute atomic E-state index is 13.4. The largest absolute Gasteiger partial charge is 0.383 e. The van der Waals surface area contributed by atoms with Crippen LogP contribution in [0.2, 0.25) is 0 Å². The number of aromatic nitrogens is 2. The van der Waals surface area contributed by atoms with E-state index in [-0.39, 0.29) is 11.5 Å². The molecule has 2 aromatic rings. The molecule has 1 heterocycles. The van der Waals surface area contributed by atoms with Gasteiger partial charge in [-0.1, -0.05) is 0 Å². The third-order valence-electron chi connectivity index (χ3n) is 2.48. The number of benzene rings is 1. The summed E-state index contributed by atoms with van der Waals surface area (Å²) in [5.41, 5.74) is 6.47. The van der Waals surface area contributed by atoms with Crippen LogP contribution >= 0.6 is 15.9 Å². The number of ether oxygens (including phenoxy) is 1. The van der Waals surface area contributed by atoms with E-state index in [4.69, 9.17) is 10.5 Å². The SMILES string of the molecule is COCCNc1nonc1C(N)=Nc1ccc(Br)c(F)c1. The van der Waals surface area contributed by atoms with Crippen molar-refractivity contribution in [2.24, 2.45) is 10.7 Å². The van der Waals surface area contributed by atoms with Crippen LogP contribution in [0.1, 0.15) is 5.69 Å². The van der Waals surface area contributed by atoms with Gasteiger partial charge in [0.15, 0.2) is 11.5 Å². The molecule has 0 bridgehead atoms. The summed E-state index contributed by atoms with van der Waals surface area (Å²) in [4.78, 5) is 4.09. The molecule has 0 amide bonds. The van der Waals surface area contributed by atoms with Crippen LogP contribution < -0.4 is 11.1 Å². The second-order valence-electron chi connectivity index (χ2n) is 3.98. The smallest absolute Gasteiger partial charge is 0.202 e. The highest BCUT2D eigenvalue weighted by atomic mass is 79.9. The molecule has 1 aromatic carbocycles. The van der Waals surface area contributed by atoms with E-state index in [0.29, 0.717) is 29.1 Å². The summed E-state index contributed by atoms with van der Waals surface area (Å²) in [6, 6.07) is 4.41. The topological polar surface area (TPSA) is 98.6 Å². The Labute approximate surface area is 128 Å². The van der Waals surface area contributed by atoms with Crippen molar-refractivity contribution in [3.05, 3.63) is 34.2 Å². The van der Waals surface area contributed by atoms with E-state index < -0.39 is 5.82 Å². The summed E-state index contributed by atoms with van der Waals surface area (Å²) < 4.78 is 23.3. The average molecular weight is 358 g/mol. The van der Waals surface area contributed by atoms with Crippen LogP contribution in [0.5, 0.6) is 0 Å². The fourth-order valence-electron chi connectivity index (χ4n) is 1.49. The number of nitrogens with two attached hydrogens (primary N) is 1. The molecule has 0 fully saturated rings. The minimum atomic E-state index is -0.430. The van der Waals surface area contributed by atoms with E-state index in [0.717, 1.165) is 0 Å². The zero-order chi connectivity index (χ0) is 15.2. The molecule has 9 heteroatoms. The molecule has 0 saturated carbocycles. The quantitative estimate of drug-likeness (QED) is 0.466. The van der Waals surface area contributed by atoms with Gasteiger partial charge in [-0.2, -0.15) is 0 Å². The van der Waals surface area contributed by atoms with Crippen LogP contribution in [0.4, 0.5) is 15.9 Å². The van der Waals surface area contributed by atoms with E-state index >= 15 is 0 Å². The molecular formula is C12H13BrFN5O2. The molecule has 3 N–H and O–H groups in total. The molecule has 0 unspecified atom stereocenters. The minimum Gasteiger partial charge on any atom is -0.383 e. The van der Waals surface area contributed by atoms with Crippen LogP contribution in [-0.2, 0) is 4.74 Å². The average Bonchev–Trinajstić information content (AvgIpc) is 2.92. The first kappa shape index (κ1) is 15.4. The van der Waals surface area contributed by atoms with Crippen molar-refractivity contribution < 1.29 is 13.8 Å². The highest BCUT2D eigenvalue weighted by Crippen LogP contribution is 2.22. The Morgan fingerprint density at radius 1 is 1.52 bits per heavy atom. The Morgan fingerprint density at radius 3 is 3.05 bits per heavy atom. The lowest BCUT2D eigenvalue weighted by Crippen LogP contribution is -2.17. The zero-order valence-corrected chi connectivity index (χ0v) is 12.7. The maximum atomic E-state index is 13.4. The van der Waals surface area contributed by atoms with Crippen LogP contribution in [0, 0.1) is 5.82 Å². The Balaban J connectivity index is 2.19. The molecular weight excluding hydrogens is 345 g/mol. The zero-order valence-electron chi connectivity index (χ0n) is 11.1. The van der Waals surface area contributed by atoms with Gasteiger partial charge in [-0.3, -0.25) is 0 Å². The van der Waals surface area contributed by atoms with Crippen molar-refractivity contribution in [3.8, 4) is 0 Å². The molecule has 0 spiro atoms. The Hall–Kier alpha value is -2.00. The van der Waals surface area contributed by atoms with Gasteiger partial charge in [0.05, 0.1) is 16.8 Å². The van der Waals surface area contributed by atoms with Gasteiger partial charge in [-0.25, -0.2) is 14.0 Å². The first-order valence-electron chi connectivity index (χ1n) is 5.96. The molecule has 1 aromatic heterocycles. The predicted octanol–water partition coefficient (Wildman–Crippen LogP) is 2.07. The first-order chi connectivity index (χ1) is 10.1. The highest BCUT2D eigenvalue weighted by Gasteiger charge is 2.13. The number of halogens is 2. The monoisotopic (exact) mass is 357 g/mol. The van der Waals surface area contributed by atoms with Gasteiger partial charge in [-0.15, -0.1) is 0 Å². The van der Waals surface area contributed by atoms with Crippen molar-refractivity contribution in [2.75, 3.05) is 25.6 Å². The van der Waals surface area contributed by atoms with Crippen molar-refractivity contribution in [1.29, 1.82) is 0 Å². The van der Waals surface area contributed by atoms with Gasteiger partial charge in [-0.05, 0) is 38.4 Å². The van der Waals surface area contributed by atoms with Gasteiger partial charge >= 0.3 is 0 Å². The van der Waals surface area contributed by atoms with Crippen LogP contribution in [0.3, 0.4) is 0 Å². The fraction of sp³-hybridized carbons (Fsp3) is 0.250. The molecule has 21 heavy (non-hydrogen) atoms. The highest BCUT2D eigenvalue weighted by molar-refractivity contribution is 9.10. The molecule has 2 rings (SSSR count). The number of methoxy groups -OCH3 is 1. The fourth-order valence-corrected chi connectivity index (χ4v) is 1.74. The Bertz CT molecular complexity index is 646. The van der Waals surface area contributed by atoms with Crippen LogP contribution in [0.15, 0.2) is 32.3 Å². The third kappa shape index (κ3) is 3.99. The standard InChI is InChI=1S/C12H13BrFN5O2/c1-20-5-4-16-12-10(18-21-19-12)11(15)17-7-2-3-8(13)9(14)6-7/h2-3,6H,4-5H2,1H3,(H2,15,17)(H,16,19). The van der Waals surface area contributed by atoms with Gasteiger partial charge < -0.3 is 15.8 Å². The lowest BCUT2D eigenvalue weighted by Gasteiger charge is -2.03. The van der Waals surface area contributed by atoms with E-state index in [1.165, 1.54) is 6.07 Å². The molecule has 0 saturated heterocycles. The lowest BCUT2D eigenvalue weighted by atomic mass is 10.3. The van der Waals surface area contributed by atoms with E-state index in [2.05, 4.69) is 41.2 Å². The molecule has 112 valence electrons. The lowest BCUT2D eigenvalue weighted by molar-refractivity contribution is 0.210. The third-order valence-corrected chi connectivity index (χ3v) is 3.13. The summed E-state index contributed by atoms with van der Waals surface area (Å²) in [5, 5.41) is 10.3.